The Labute approximate surface area is 127 Å². The minimum absolute atomic E-state index is 0. The van der Waals surface area contributed by atoms with Crippen LogP contribution in [0.5, 0.6) is 0 Å². The molecular weight excluding hydrogens is 285 g/mol. The zero-order valence-corrected chi connectivity index (χ0v) is 13.4. The van der Waals surface area contributed by atoms with E-state index in [1.807, 2.05) is 57.2 Å². The number of para-hydroxylation sites is 2. The number of nitrogens with zero attached hydrogens (tertiary/aromatic N) is 1. The van der Waals surface area contributed by atoms with Crippen LogP contribution in [0.3, 0.4) is 0 Å². The van der Waals surface area contributed by atoms with Crippen molar-refractivity contribution in [2.24, 2.45) is 5.92 Å². The van der Waals surface area contributed by atoms with Crippen molar-refractivity contribution >= 4 is 42.1 Å². The first-order valence-electron chi connectivity index (χ1n) is 5.78. The van der Waals surface area contributed by atoms with Gasteiger partial charge in [0.15, 0.2) is 0 Å². The molecule has 1 aromatic carbocycles. The Kier molecular flexibility index (Phi) is 10.6. The van der Waals surface area contributed by atoms with Crippen LogP contribution in [-0.2, 0) is 4.79 Å². The third kappa shape index (κ3) is 6.14. The lowest BCUT2D eigenvalue weighted by Gasteiger charge is -2.19. The van der Waals surface area contributed by atoms with Crippen molar-refractivity contribution < 1.29 is 4.79 Å². The van der Waals surface area contributed by atoms with Crippen LogP contribution in [0.15, 0.2) is 24.3 Å². The van der Waals surface area contributed by atoms with E-state index in [0.29, 0.717) is 6.54 Å². The minimum atomic E-state index is -0.0461. The van der Waals surface area contributed by atoms with Crippen molar-refractivity contribution in [2.75, 3.05) is 37.9 Å². The van der Waals surface area contributed by atoms with Crippen molar-refractivity contribution in [3.05, 3.63) is 24.3 Å². The van der Waals surface area contributed by atoms with Crippen molar-refractivity contribution in [3.63, 3.8) is 0 Å². The topological polar surface area (TPSA) is 44.4 Å². The number of halogens is 2. The third-order valence-corrected chi connectivity index (χ3v) is 2.60. The Bertz CT molecular complexity index is 386. The van der Waals surface area contributed by atoms with Crippen molar-refractivity contribution in [1.29, 1.82) is 0 Å². The summed E-state index contributed by atoms with van der Waals surface area (Å²) in [5, 5.41) is 5.96. The molecule has 0 saturated carbocycles. The van der Waals surface area contributed by atoms with Crippen LogP contribution < -0.4 is 15.5 Å². The molecule has 0 aliphatic heterocycles. The second-order valence-corrected chi connectivity index (χ2v) is 4.36. The van der Waals surface area contributed by atoms with Gasteiger partial charge in [0.25, 0.3) is 0 Å². The summed E-state index contributed by atoms with van der Waals surface area (Å²) in [5.74, 6) is -0.0103. The molecule has 0 bridgehead atoms. The lowest BCUT2D eigenvalue weighted by Crippen LogP contribution is -2.29. The van der Waals surface area contributed by atoms with Crippen LogP contribution in [0.25, 0.3) is 0 Å². The Morgan fingerprint density at radius 3 is 2.37 bits per heavy atom. The summed E-state index contributed by atoms with van der Waals surface area (Å²) in [4.78, 5) is 13.9. The fourth-order valence-corrected chi connectivity index (χ4v) is 1.62. The summed E-state index contributed by atoms with van der Waals surface area (Å²) in [6.45, 7) is 2.58. The van der Waals surface area contributed by atoms with Gasteiger partial charge in [-0.3, -0.25) is 4.79 Å². The number of rotatable bonds is 5. The molecule has 1 unspecified atom stereocenters. The fraction of sp³-hybridized carbons (Fsp3) is 0.462. The van der Waals surface area contributed by atoms with Gasteiger partial charge in [0.1, 0.15) is 0 Å². The molecule has 19 heavy (non-hydrogen) atoms. The smallest absolute Gasteiger partial charge is 0.228 e. The summed E-state index contributed by atoms with van der Waals surface area (Å²) < 4.78 is 0. The van der Waals surface area contributed by atoms with Crippen LogP contribution in [0, 0.1) is 5.92 Å². The number of hydrogen-bond donors (Lipinski definition) is 2. The predicted octanol–water partition coefficient (Wildman–Crippen LogP) is 2.39. The van der Waals surface area contributed by atoms with E-state index in [2.05, 4.69) is 10.6 Å². The van der Waals surface area contributed by atoms with Crippen LogP contribution in [0.1, 0.15) is 6.92 Å². The number of anilines is 2. The summed E-state index contributed by atoms with van der Waals surface area (Å²) in [6, 6.07) is 7.78. The largest absolute Gasteiger partial charge is 0.376 e. The maximum Gasteiger partial charge on any atom is 0.228 e. The Morgan fingerprint density at radius 2 is 1.84 bits per heavy atom. The fourth-order valence-electron chi connectivity index (χ4n) is 1.62. The van der Waals surface area contributed by atoms with Gasteiger partial charge in [-0.1, -0.05) is 19.1 Å². The van der Waals surface area contributed by atoms with Gasteiger partial charge < -0.3 is 15.5 Å². The molecule has 0 radical (unpaired) electrons. The molecule has 0 aromatic heterocycles. The molecule has 4 nitrogen and oxygen atoms in total. The van der Waals surface area contributed by atoms with Gasteiger partial charge in [-0.2, -0.15) is 0 Å². The zero-order valence-electron chi connectivity index (χ0n) is 11.8. The molecule has 6 heteroatoms. The van der Waals surface area contributed by atoms with E-state index in [4.69, 9.17) is 0 Å². The van der Waals surface area contributed by atoms with E-state index in [9.17, 15) is 4.79 Å². The highest BCUT2D eigenvalue weighted by Gasteiger charge is 2.13. The Hall–Kier alpha value is -0.970. The maximum absolute atomic E-state index is 11.9. The average molecular weight is 308 g/mol. The van der Waals surface area contributed by atoms with E-state index in [-0.39, 0.29) is 36.6 Å². The van der Waals surface area contributed by atoms with Crippen LogP contribution in [-0.4, -0.2) is 33.6 Å². The van der Waals surface area contributed by atoms with Crippen molar-refractivity contribution in [2.45, 2.75) is 6.92 Å². The maximum atomic E-state index is 11.9. The highest BCUT2D eigenvalue weighted by atomic mass is 35.5. The third-order valence-electron chi connectivity index (χ3n) is 2.60. The number of carbonyl (C=O) groups is 1. The minimum Gasteiger partial charge on any atom is -0.376 e. The Morgan fingerprint density at radius 1 is 1.26 bits per heavy atom. The molecule has 0 aliphatic rings. The molecule has 0 aliphatic carbocycles. The van der Waals surface area contributed by atoms with E-state index in [1.54, 1.807) is 0 Å². The first-order chi connectivity index (χ1) is 8.06. The van der Waals surface area contributed by atoms with Gasteiger partial charge in [0.2, 0.25) is 5.91 Å². The summed E-state index contributed by atoms with van der Waals surface area (Å²) in [5.41, 5.74) is 1.86. The number of benzene rings is 1. The van der Waals surface area contributed by atoms with Gasteiger partial charge in [0, 0.05) is 26.6 Å². The lowest BCUT2D eigenvalue weighted by atomic mass is 10.1. The van der Waals surface area contributed by atoms with Crippen LogP contribution >= 0.6 is 24.8 Å². The molecule has 2 N–H and O–H groups in total. The number of carbonyl (C=O) groups excluding carboxylic acids is 1. The standard InChI is InChI=1S/C13H21N3O.2ClH/c1-10(9-14-2)13(17)15-11-7-5-6-8-12(11)16(3)4;;/h5-8,10,14H,9H2,1-4H3,(H,15,17);2*1H. The normalized spacial score (nSPS) is 10.7. The van der Waals surface area contributed by atoms with E-state index in [0.717, 1.165) is 11.4 Å². The molecule has 1 atom stereocenters. The predicted molar refractivity (Wildman–Crippen MR) is 87.0 cm³/mol. The van der Waals surface area contributed by atoms with Crippen molar-refractivity contribution in [3.8, 4) is 0 Å². The van der Waals surface area contributed by atoms with Gasteiger partial charge in [-0.25, -0.2) is 0 Å². The molecule has 0 fully saturated rings. The van der Waals surface area contributed by atoms with Gasteiger partial charge in [-0.15, -0.1) is 24.8 Å². The van der Waals surface area contributed by atoms with Gasteiger partial charge in [-0.05, 0) is 19.2 Å². The second-order valence-electron chi connectivity index (χ2n) is 4.36. The highest BCUT2D eigenvalue weighted by Crippen LogP contribution is 2.23. The number of amides is 1. The highest BCUT2D eigenvalue weighted by molar-refractivity contribution is 5.95. The molecule has 1 rings (SSSR count). The monoisotopic (exact) mass is 307 g/mol. The van der Waals surface area contributed by atoms with Crippen LogP contribution in [0.2, 0.25) is 0 Å². The molecule has 110 valence electrons. The lowest BCUT2D eigenvalue weighted by molar-refractivity contribution is -0.119. The zero-order chi connectivity index (χ0) is 12.8. The summed E-state index contributed by atoms with van der Waals surface area (Å²) in [7, 11) is 5.77. The second kappa shape index (κ2) is 9.89. The molecule has 0 heterocycles. The van der Waals surface area contributed by atoms with E-state index >= 15 is 0 Å². The number of nitrogens with one attached hydrogen (secondary N) is 2. The quantitative estimate of drug-likeness (QED) is 0.878. The van der Waals surface area contributed by atoms with E-state index in [1.165, 1.54) is 0 Å². The summed E-state index contributed by atoms with van der Waals surface area (Å²) in [6.07, 6.45) is 0. The van der Waals surface area contributed by atoms with Gasteiger partial charge in [0.05, 0.1) is 11.4 Å². The molecule has 1 amide bonds. The van der Waals surface area contributed by atoms with Gasteiger partial charge >= 0.3 is 0 Å². The number of hydrogen-bond acceptors (Lipinski definition) is 3. The average Bonchev–Trinajstić information content (AvgIpc) is 2.29. The first-order valence-corrected chi connectivity index (χ1v) is 5.78. The SMILES string of the molecule is CNCC(C)C(=O)Nc1ccccc1N(C)C.Cl.Cl. The summed E-state index contributed by atoms with van der Waals surface area (Å²) >= 11 is 0. The van der Waals surface area contributed by atoms with Crippen molar-refractivity contribution in [1.82, 2.24) is 5.32 Å². The molecule has 0 saturated heterocycles. The Balaban J connectivity index is 0. The van der Waals surface area contributed by atoms with Crippen LogP contribution in [0.4, 0.5) is 11.4 Å². The van der Waals surface area contributed by atoms with E-state index < -0.39 is 0 Å². The molecule has 1 aromatic rings. The first kappa shape index (κ1) is 20.3. The molecule has 0 spiro atoms. The molecular formula is C13H23Cl2N3O.